The molecule has 208 valence electrons. The molecule has 12 heteroatoms. The fourth-order valence-electron chi connectivity index (χ4n) is 4.86. The highest BCUT2D eigenvalue weighted by Gasteiger charge is 2.24. The number of pyridine rings is 1. The number of nitrogens with one attached hydrogen (secondary N) is 3. The van der Waals surface area contributed by atoms with Crippen molar-refractivity contribution >= 4 is 35.0 Å². The summed E-state index contributed by atoms with van der Waals surface area (Å²) in [5.41, 5.74) is 7.17. The molecule has 2 aromatic heterocycles. The highest BCUT2D eigenvalue weighted by atomic mass is 16.5. The smallest absolute Gasteiger partial charge is 0.271 e. The average molecular weight is 545 g/mol. The molecule has 0 atom stereocenters. The van der Waals surface area contributed by atoms with E-state index in [4.69, 9.17) is 10.5 Å². The number of morpholine rings is 1. The van der Waals surface area contributed by atoms with Crippen molar-refractivity contribution in [3.05, 3.63) is 71.8 Å². The number of carbonyl (C=O) groups is 3. The maximum Gasteiger partial charge on any atom is 0.271 e. The van der Waals surface area contributed by atoms with Crippen molar-refractivity contribution in [2.75, 3.05) is 36.9 Å². The zero-order valence-electron chi connectivity index (χ0n) is 22.0. The lowest BCUT2D eigenvalue weighted by molar-refractivity contribution is 0.0303. The number of amides is 3. The van der Waals surface area contributed by atoms with Crippen LogP contribution in [0.5, 0.6) is 0 Å². The van der Waals surface area contributed by atoms with E-state index in [0.29, 0.717) is 49.1 Å². The topological polar surface area (TPSA) is 164 Å². The number of nitrogens with zero attached hydrogens (tertiary/aromatic N) is 4. The molecule has 40 heavy (non-hydrogen) atoms. The lowest BCUT2D eigenvalue weighted by atomic mass is 9.91. The Morgan fingerprint density at radius 3 is 2.33 bits per heavy atom. The minimum Gasteiger partial charge on any atom is -0.378 e. The third kappa shape index (κ3) is 6.70. The minimum absolute atomic E-state index is 0.0139. The van der Waals surface area contributed by atoms with E-state index in [1.54, 1.807) is 53.6 Å². The third-order valence-electron chi connectivity index (χ3n) is 7.01. The zero-order chi connectivity index (χ0) is 27.9. The Labute approximate surface area is 231 Å². The first-order valence-electron chi connectivity index (χ1n) is 13.4. The standard InChI is InChI=1S/C28H32N8O4/c29-25(37)24-26(33-20-6-4-18(5-7-20)28(39)36-13-15-40-16-14-36)35-23(17-31-24)32-19-8-10-21(11-9-19)34-27(38)22-3-1-2-12-30-22/h1-7,12,17,19,21H,8-11,13-16H2,(H2,29,37)(H,34,38)(H2,32,33,35). The Morgan fingerprint density at radius 2 is 1.65 bits per heavy atom. The quantitative estimate of drug-likeness (QED) is 0.333. The highest BCUT2D eigenvalue weighted by Crippen LogP contribution is 2.24. The molecule has 0 radical (unpaired) electrons. The van der Waals surface area contributed by atoms with Crippen molar-refractivity contribution in [3.8, 4) is 0 Å². The van der Waals surface area contributed by atoms with E-state index in [1.165, 1.54) is 6.20 Å². The first kappa shape index (κ1) is 27.0. The number of hydrogen-bond donors (Lipinski definition) is 4. The van der Waals surface area contributed by atoms with Gasteiger partial charge in [0.1, 0.15) is 11.5 Å². The van der Waals surface area contributed by atoms with Crippen LogP contribution in [-0.4, -0.2) is 76.0 Å². The van der Waals surface area contributed by atoms with Gasteiger partial charge in [-0.1, -0.05) is 6.07 Å². The van der Waals surface area contributed by atoms with Crippen molar-refractivity contribution in [3.63, 3.8) is 0 Å². The van der Waals surface area contributed by atoms with E-state index in [2.05, 4.69) is 30.9 Å². The van der Waals surface area contributed by atoms with Gasteiger partial charge in [0.25, 0.3) is 17.7 Å². The number of carbonyl (C=O) groups excluding carboxylic acids is 3. The van der Waals surface area contributed by atoms with Gasteiger partial charge in [-0.2, -0.15) is 0 Å². The van der Waals surface area contributed by atoms with Crippen LogP contribution in [0.1, 0.15) is 57.0 Å². The van der Waals surface area contributed by atoms with E-state index in [0.717, 1.165) is 25.7 Å². The lowest BCUT2D eigenvalue weighted by Crippen LogP contribution is -2.40. The molecular formula is C28H32N8O4. The van der Waals surface area contributed by atoms with E-state index in [9.17, 15) is 14.4 Å². The van der Waals surface area contributed by atoms with Crippen molar-refractivity contribution in [2.45, 2.75) is 37.8 Å². The van der Waals surface area contributed by atoms with Gasteiger partial charge >= 0.3 is 0 Å². The van der Waals surface area contributed by atoms with Gasteiger partial charge < -0.3 is 31.3 Å². The van der Waals surface area contributed by atoms with Crippen molar-refractivity contribution in [1.82, 2.24) is 25.2 Å². The number of aromatic nitrogens is 3. The molecule has 3 aromatic rings. The number of benzene rings is 1. The monoisotopic (exact) mass is 544 g/mol. The van der Waals surface area contributed by atoms with E-state index in [1.807, 2.05) is 0 Å². The van der Waals surface area contributed by atoms with Crippen LogP contribution < -0.4 is 21.7 Å². The second-order valence-electron chi connectivity index (χ2n) is 9.80. The van der Waals surface area contributed by atoms with Crippen LogP contribution in [0.3, 0.4) is 0 Å². The summed E-state index contributed by atoms with van der Waals surface area (Å²) in [7, 11) is 0. The number of primary amides is 1. The molecule has 2 fully saturated rings. The van der Waals surface area contributed by atoms with Gasteiger partial charge in [0.15, 0.2) is 11.5 Å². The summed E-state index contributed by atoms with van der Waals surface area (Å²) in [4.78, 5) is 51.8. The second kappa shape index (κ2) is 12.5. The van der Waals surface area contributed by atoms with E-state index >= 15 is 0 Å². The summed E-state index contributed by atoms with van der Waals surface area (Å²) in [5, 5.41) is 9.55. The number of hydrogen-bond acceptors (Lipinski definition) is 9. The van der Waals surface area contributed by atoms with Gasteiger partial charge in [-0.05, 0) is 62.1 Å². The fourth-order valence-corrected chi connectivity index (χ4v) is 4.86. The Balaban J connectivity index is 1.19. The van der Waals surface area contributed by atoms with Gasteiger partial charge in [0, 0.05) is 42.6 Å². The summed E-state index contributed by atoms with van der Waals surface area (Å²) in [5.74, 6) is -0.192. The van der Waals surface area contributed by atoms with Crippen LogP contribution in [-0.2, 0) is 4.74 Å². The van der Waals surface area contributed by atoms with Crippen LogP contribution in [0.15, 0.2) is 54.9 Å². The molecule has 12 nitrogen and oxygen atoms in total. The molecule has 1 saturated carbocycles. The molecule has 5 rings (SSSR count). The molecule has 5 N–H and O–H groups in total. The largest absolute Gasteiger partial charge is 0.378 e. The summed E-state index contributed by atoms with van der Waals surface area (Å²) in [6.45, 7) is 2.21. The maximum absolute atomic E-state index is 12.7. The molecule has 1 saturated heterocycles. The number of rotatable bonds is 8. The van der Waals surface area contributed by atoms with Gasteiger partial charge in [0.2, 0.25) is 0 Å². The van der Waals surface area contributed by atoms with Gasteiger partial charge in [0.05, 0.1) is 19.4 Å². The molecule has 3 amide bonds. The number of anilines is 3. The maximum atomic E-state index is 12.7. The predicted octanol–water partition coefficient (Wildman–Crippen LogP) is 2.34. The zero-order valence-corrected chi connectivity index (χ0v) is 22.0. The van der Waals surface area contributed by atoms with Crippen LogP contribution in [0.25, 0.3) is 0 Å². The first-order chi connectivity index (χ1) is 19.5. The van der Waals surface area contributed by atoms with E-state index < -0.39 is 5.91 Å². The molecule has 0 bridgehead atoms. The summed E-state index contributed by atoms with van der Waals surface area (Å²) >= 11 is 0. The number of ether oxygens (including phenoxy) is 1. The Morgan fingerprint density at radius 1 is 0.925 bits per heavy atom. The van der Waals surface area contributed by atoms with Gasteiger partial charge in [-0.3, -0.25) is 19.4 Å². The first-order valence-corrected chi connectivity index (χ1v) is 13.4. The average Bonchev–Trinajstić information content (AvgIpc) is 2.99. The van der Waals surface area contributed by atoms with Crippen molar-refractivity contribution in [2.24, 2.45) is 5.73 Å². The summed E-state index contributed by atoms with van der Waals surface area (Å²) in [6.07, 6.45) is 6.37. The Hall–Kier alpha value is -4.58. The van der Waals surface area contributed by atoms with Gasteiger partial charge in [-0.15, -0.1) is 0 Å². The molecule has 3 heterocycles. The summed E-state index contributed by atoms with van der Waals surface area (Å²) < 4.78 is 5.32. The summed E-state index contributed by atoms with van der Waals surface area (Å²) in [6, 6.07) is 12.4. The highest BCUT2D eigenvalue weighted by molar-refractivity contribution is 5.97. The molecule has 1 aliphatic heterocycles. The second-order valence-corrected chi connectivity index (χ2v) is 9.80. The normalized spacial score (nSPS) is 18.9. The molecule has 2 aliphatic rings. The van der Waals surface area contributed by atoms with E-state index in [-0.39, 0.29) is 35.4 Å². The van der Waals surface area contributed by atoms with Crippen LogP contribution in [0.4, 0.5) is 17.3 Å². The van der Waals surface area contributed by atoms with Crippen LogP contribution >= 0.6 is 0 Å². The molecule has 1 aromatic carbocycles. The van der Waals surface area contributed by atoms with Crippen LogP contribution in [0.2, 0.25) is 0 Å². The van der Waals surface area contributed by atoms with Crippen molar-refractivity contribution < 1.29 is 19.1 Å². The Bertz CT molecular complexity index is 1340. The lowest BCUT2D eigenvalue weighted by Gasteiger charge is -2.30. The number of nitrogens with two attached hydrogens (primary N) is 1. The Kier molecular flexibility index (Phi) is 8.45. The molecule has 1 aliphatic carbocycles. The molecular weight excluding hydrogens is 512 g/mol. The van der Waals surface area contributed by atoms with Crippen LogP contribution in [0, 0.1) is 0 Å². The SMILES string of the molecule is NC(=O)c1ncc(NC2CCC(NC(=O)c3ccccn3)CC2)nc1Nc1ccc(C(=O)N2CCOCC2)cc1. The predicted molar refractivity (Wildman–Crippen MR) is 148 cm³/mol. The van der Waals surface area contributed by atoms with Gasteiger partial charge in [-0.25, -0.2) is 9.97 Å². The van der Waals surface area contributed by atoms with Crippen molar-refractivity contribution in [1.29, 1.82) is 0 Å². The fraction of sp³-hybridized carbons (Fsp3) is 0.357. The minimum atomic E-state index is -0.704. The molecule has 0 unspecified atom stereocenters. The third-order valence-corrected chi connectivity index (χ3v) is 7.01. The molecule has 0 spiro atoms.